The summed E-state index contributed by atoms with van der Waals surface area (Å²) in [5.41, 5.74) is 3.14. The van der Waals surface area contributed by atoms with E-state index in [0.29, 0.717) is 6.54 Å². The minimum atomic E-state index is -0.155. The topological polar surface area (TPSA) is 101 Å². The van der Waals surface area contributed by atoms with Gasteiger partial charge >= 0.3 is 0 Å². The lowest BCUT2D eigenvalue weighted by Crippen LogP contribution is -2.19. The van der Waals surface area contributed by atoms with Crippen molar-refractivity contribution in [1.29, 1.82) is 0 Å². The Bertz CT molecular complexity index is 567. The molecule has 0 spiro atoms. The Labute approximate surface area is 116 Å². The number of nitrogens with one attached hydrogen (secondary N) is 3. The summed E-state index contributed by atoms with van der Waals surface area (Å²) in [6.07, 6.45) is 1.76. The van der Waals surface area contributed by atoms with Gasteiger partial charge in [0, 0.05) is 6.54 Å². The Kier molecular flexibility index (Phi) is 4.46. The molecule has 0 radical (unpaired) electrons. The van der Waals surface area contributed by atoms with Crippen molar-refractivity contribution in [3.05, 3.63) is 23.3 Å². The van der Waals surface area contributed by atoms with E-state index in [-0.39, 0.29) is 12.5 Å². The Morgan fingerprint density at radius 3 is 2.90 bits per heavy atom. The van der Waals surface area contributed by atoms with Gasteiger partial charge in [0.1, 0.15) is 6.54 Å². The molecule has 8 nitrogen and oxygen atoms in total. The highest BCUT2D eigenvalue weighted by Crippen LogP contribution is 2.15. The Hall–Kier alpha value is -2.22. The molecule has 3 N–H and O–H groups in total. The van der Waals surface area contributed by atoms with E-state index < -0.39 is 0 Å². The van der Waals surface area contributed by atoms with Crippen LogP contribution in [0.5, 0.6) is 0 Å². The number of aromatic amines is 1. The van der Waals surface area contributed by atoms with Gasteiger partial charge in [-0.1, -0.05) is 12.1 Å². The fourth-order valence-corrected chi connectivity index (χ4v) is 1.81. The molecule has 1 amide bonds. The summed E-state index contributed by atoms with van der Waals surface area (Å²) in [6.45, 7) is 7.36. The standard InChI is InChI=1S/C12H19N7O/c1-4-13-5-10-6-19(18-17-10)7-11(20)14-12-8(2)15-16-9(12)3/h6,13H,4-5,7H2,1-3H3,(H,14,20)(H,15,16). The van der Waals surface area contributed by atoms with Crippen molar-refractivity contribution in [1.82, 2.24) is 30.5 Å². The lowest BCUT2D eigenvalue weighted by atomic mass is 10.3. The molecule has 0 aromatic carbocycles. The third kappa shape index (κ3) is 3.41. The van der Waals surface area contributed by atoms with Crippen LogP contribution in [0.15, 0.2) is 6.20 Å². The summed E-state index contributed by atoms with van der Waals surface area (Å²) >= 11 is 0. The second kappa shape index (κ2) is 6.29. The summed E-state index contributed by atoms with van der Waals surface area (Å²) < 4.78 is 1.52. The molecule has 20 heavy (non-hydrogen) atoms. The molecular weight excluding hydrogens is 258 g/mol. The SMILES string of the molecule is CCNCc1cn(CC(=O)Nc2c(C)n[nH]c2C)nn1. The smallest absolute Gasteiger partial charge is 0.246 e. The van der Waals surface area contributed by atoms with Gasteiger partial charge in [-0.3, -0.25) is 9.89 Å². The van der Waals surface area contributed by atoms with Gasteiger partial charge in [0.15, 0.2) is 0 Å². The monoisotopic (exact) mass is 277 g/mol. The molecule has 2 heterocycles. The van der Waals surface area contributed by atoms with Crippen LogP contribution in [0.2, 0.25) is 0 Å². The zero-order chi connectivity index (χ0) is 14.5. The molecular formula is C12H19N7O. The maximum Gasteiger partial charge on any atom is 0.246 e. The van der Waals surface area contributed by atoms with Crippen LogP contribution in [0, 0.1) is 13.8 Å². The molecule has 0 bridgehead atoms. The summed E-state index contributed by atoms with van der Waals surface area (Å²) in [5.74, 6) is -0.155. The predicted molar refractivity (Wildman–Crippen MR) is 74.1 cm³/mol. The molecule has 2 aromatic heterocycles. The first kappa shape index (κ1) is 14.2. The maximum absolute atomic E-state index is 12.0. The van der Waals surface area contributed by atoms with Crippen molar-refractivity contribution in [3.8, 4) is 0 Å². The largest absolute Gasteiger partial charge is 0.321 e. The molecule has 108 valence electrons. The van der Waals surface area contributed by atoms with Crippen LogP contribution in [0.1, 0.15) is 24.0 Å². The van der Waals surface area contributed by atoms with Gasteiger partial charge in [0.2, 0.25) is 5.91 Å². The van der Waals surface area contributed by atoms with E-state index in [4.69, 9.17) is 0 Å². The molecule has 0 saturated heterocycles. The van der Waals surface area contributed by atoms with Crippen LogP contribution in [0.4, 0.5) is 5.69 Å². The number of amides is 1. The lowest BCUT2D eigenvalue weighted by Gasteiger charge is -2.04. The van der Waals surface area contributed by atoms with Gasteiger partial charge in [-0.05, 0) is 20.4 Å². The fraction of sp³-hybridized carbons (Fsp3) is 0.500. The van der Waals surface area contributed by atoms with Gasteiger partial charge in [-0.25, -0.2) is 4.68 Å². The number of carbonyl (C=O) groups is 1. The van der Waals surface area contributed by atoms with E-state index in [1.807, 2.05) is 20.8 Å². The second-order valence-electron chi connectivity index (χ2n) is 4.54. The molecule has 0 aliphatic heterocycles. The van der Waals surface area contributed by atoms with Gasteiger partial charge in [-0.15, -0.1) is 5.10 Å². The minimum absolute atomic E-state index is 0.128. The Morgan fingerprint density at radius 1 is 1.45 bits per heavy atom. The quantitative estimate of drug-likeness (QED) is 0.708. The van der Waals surface area contributed by atoms with Crippen molar-refractivity contribution >= 4 is 11.6 Å². The van der Waals surface area contributed by atoms with E-state index in [0.717, 1.165) is 29.3 Å². The fourth-order valence-electron chi connectivity index (χ4n) is 1.81. The molecule has 2 rings (SSSR count). The molecule has 0 aliphatic carbocycles. The third-order valence-corrected chi connectivity index (χ3v) is 2.84. The van der Waals surface area contributed by atoms with Crippen molar-refractivity contribution in [3.63, 3.8) is 0 Å². The average molecular weight is 277 g/mol. The number of aromatic nitrogens is 5. The van der Waals surface area contributed by atoms with Crippen LogP contribution in [0.25, 0.3) is 0 Å². The summed E-state index contributed by atoms with van der Waals surface area (Å²) in [6, 6.07) is 0. The highest BCUT2D eigenvalue weighted by molar-refractivity contribution is 5.91. The van der Waals surface area contributed by atoms with Crippen LogP contribution in [0.3, 0.4) is 0 Å². The number of aryl methyl sites for hydroxylation is 2. The maximum atomic E-state index is 12.0. The highest BCUT2D eigenvalue weighted by atomic mass is 16.2. The molecule has 0 fully saturated rings. The number of H-pyrrole nitrogens is 1. The average Bonchev–Trinajstić information content (AvgIpc) is 2.98. The number of nitrogens with zero attached hydrogens (tertiary/aromatic N) is 4. The lowest BCUT2D eigenvalue weighted by molar-refractivity contribution is -0.116. The van der Waals surface area contributed by atoms with Crippen molar-refractivity contribution < 1.29 is 4.79 Å². The first-order valence-electron chi connectivity index (χ1n) is 6.51. The Balaban J connectivity index is 1.93. The van der Waals surface area contributed by atoms with E-state index in [9.17, 15) is 4.79 Å². The predicted octanol–water partition coefficient (Wildman–Crippen LogP) is 0.366. The van der Waals surface area contributed by atoms with Crippen molar-refractivity contribution in [2.75, 3.05) is 11.9 Å². The van der Waals surface area contributed by atoms with Crippen LogP contribution in [-0.2, 0) is 17.9 Å². The summed E-state index contributed by atoms with van der Waals surface area (Å²) in [4.78, 5) is 12.0. The molecule has 0 aliphatic rings. The third-order valence-electron chi connectivity index (χ3n) is 2.84. The van der Waals surface area contributed by atoms with E-state index in [2.05, 4.69) is 31.1 Å². The van der Waals surface area contributed by atoms with Gasteiger partial charge in [0.25, 0.3) is 0 Å². The van der Waals surface area contributed by atoms with Gasteiger partial charge in [-0.2, -0.15) is 5.10 Å². The van der Waals surface area contributed by atoms with Gasteiger partial charge < -0.3 is 10.6 Å². The minimum Gasteiger partial charge on any atom is -0.321 e. The number of hydrogen-bond donors (Lipinski definition) is 3. The number of anilines is 1. The second-order valence-corrected chi connectivity index (χ2v) is 4.54. The van der Waals surface area contributed by atoms with Crippen LogP contribution in [-0.4, -0.2) is 37.6 Å². The molecule has 2 aromatic rings. The van der Waals surface area contributed by atoms with Crippen molar-refractivity contribution in [2.24, 2.45) is 0 Å². The molecule has 0 unspecified atom stereocenters. The van der Waals surface area contributed by atoms with E-state index in [1.54, 1.807) is 6.20 Å². The molecule has 0 atom stereocenters. The van der Waals surface area contributed by atoms with Crippen LogP contribution < -0.4 is 10.6 Å². The summed E-state index contributed by atoms with van der Waals surface area (Å²) in [5, 5.41) is 20.7. The highest BCUT2D eigenvalue weighted by Gasteiger charge is 2.11. The van der Waals surface area contributed by atoms with Gasteiger partial charge in [0.05, 0.1) is 29.0 Å². The van der Waals surface area contributed by atoms with Crippen molar-refractivity contribution in [2.45, 2.75) is 33.9 Å². The number of hydrogen-bond acceptors (Lipinski definition) is 5. The molecule has 0 saturated carbocycles. The number of rotatable bonds is 6. The zero-order valence-electron chi connectivity index (χ0n) is 11.9. The zero-order valence-corrected chi connectivity index (χ0v) is 11.9. The summed E-state index contributed by atoms with van der Waals surface area (Å²) in [7, 11) is 0. The van der Waals surface area contributed by atoms with E-state index in [1.165, 1.54) is 4.68 Å². The Morgan fingerprint density at radius 2 is 2.25 bits per heavy atom. The number of carbonyl (C=O) groups excluding carboxylic acids is 1. The normalized spacial score (nSPS) is 10.8. The van der Waals surface area contributed by atoms with Crippen LogP contribution >= 0.6 is 0 Å². The first-order chi connectivity index (χ1) is 9.60. The molecule has 8 heteroatoms. The van der Waals surface area contributed by atoms with E-state index >= 15 is 0 Å². The first-order valence-corrected chi connectivity index (χ1v) is 6.51.